The third-order valence-corrected chi connectivity index (χ3v) is 2.95. The second kappa shape index (κ2) is 6.29. The molecule has 0 saturated carbocycles. The Balaban J connectivity index is 2.05. The number of hydrogen-bond acceptors (Lipinski definition) is 3. The van der Waals surface area contributed by atoms with Gasteiger partial charge in [0, 0.05) is 4.47 Å². The van der Waals surface area contributed by atoms with Gasteiger partial charge in [-0.15, -0.1) is 0 Å². The molecule has 0 aromatic heterocycles. The second-order valence-electron chi connectivity index (χ2n) is 3.91. The minimum Gasteiger partial charge on any atom is -0.507 e. The molecule has 0 bridgehead atoms. The molecule has 0 saturated heterocycles. The fourth-order valence-electron chi connectivity index (χ4n) is 1.46. The first kappa shape index (κ1) is 14.2. The quantitative estimate of drug-likeness (QED) is 0.668. The Morgan fingerprint density at radius 3 is 2.65 bits per heavy atom. The van der Waals surface area contributed by atoms with Crippen molar-refractivity contribution in [3.8, 4) is 5.75 Å². The van der Waals surface area contributed by atoms with Crippen molar-refractivity contribution < 1.29 is 14.3 Å². The maximum atomic E-state index is 12.7. The van der Waals surface area contributed by atoms with Gasteiger partial charge in [-0.2, -0.15) is 5.10 Å². The summed E-state index contributed by atoms with van der Waals surface area (Å²) in [5.74, 6) is -1.02. The van der Waals surface area contributed by atoms with Crippen molar-refractivity contribution >= 4 is 28.1 Å². The van der Waals surface area contributed by atoms with Crippen LogP contribution in [0, 0.1) is 5.82 Å². The number of phenols is 1. The van der Waals surface area contributed by atoms with Crippen LogP contribution in [0.4, 0.5) is 4.39 Å². The van der Waals surface area contributed by atoms with Gasteiger partial charge in [-0.05, 0) is 35.9 Å². The minimum atomic E-state index is -0.540. The van der Waals surface area contributed by atoms with E-state index in [-0.39, 0.29) is 17.1 Å². The number of hydrogen-bond donors (Lipinski definition) is 2. The number of benzene rings is 2. The standard InChI is InChI=1S/C14H10BrFN2O2/c15-10-3-6-13(19)12(7-10)14(20)18-17-8-9-1-4-11(16)5-2-9/h1-8,19H,(H,18,20). The van der Waals surface area contributed by atoms with Crippen LogP contribution in [0.2, 0.25) is 0 Å². The first-order valence-electron chi connectivity index (χ1n) is 5.64. The maximum absolute atomic E-state index is 12.7. The fourth-order valence-corrected chi connectivity index (χ4v) is 1.83. The lowest BCUT2D eigenvalue weighted by Crippen LogP contribution is -2.17. The normalized spacial score (nSPS) is 10.7. The number of nitrogens with zero attached hydrogens (tertiary/aromatic N) is 1. The van der Waals surface area contributed by atoms with Gasteiger partial charge in [0.05, 0.1) is 11.8 Å². The van der Waals surface area contributed by atoms with Gasteiger partial charge >= 0.3 is 0 Å². The smallest absolute Gasteiger partial charge is 0.275 e. The average molecular weight is 337 g/mol. The molecule has 0 unspecified atom stereocenters. The predicted octanol–water partition coefficient (Wildman–Crippen LogP) is 3.06. The number of carbonyl (C=O) groups is 1. The third kappa shape index (κ3) is 3.64. The van der Waals surface area contributed by atoms with Crippen molar-refractivity contribution in [3.05, 3.63) is 63.9 Å². The predicted molar refractivity (Wildman–Crippen MR) is 77.3 cm³/mol. The molecule has 102 valence electrons. The molecule has 0 aliphatic heterocycles. The Bertz CT molecular complexity index is 657. The molecule has 1 amide bonds. The molecule has 0 spiro atoms. The molecule has 0 radical (unpaired) electrons. The Morgan fingerprint density at radius 2 is 1.95 bits per heavy atom. The number of aromatic hydroxyl groups is 1. The van der Waals surface area contributed by atoms with Gasteiger partial charge in [0.25, 0.3) is 5.91 Å². The van der Waals surface area contributed by atoms with Crippen LogP contribution >= 0.6 is 15.9 Å². The van der Waals surface area contributed by atoms with E-state index in [4.69, 9.17) is 0 Å². The number of halogens is 2. The highest BCUT2D eigenvalue weighted by Gasteiger charge is 2.10. The van der Waals surface area contributed by atoms with Crippen LogP contribution in [0.1, 0.15) is 15.9 Å². The van der Waals surface area contributed by atoms with Gasteiger partial charge in [0.1, 0.15) is 11.6 Å². The van der Waals surface area contributed by atoms with Crippen molar-refractivity contribution in [2.45, 2.75) is 0 Å². The molecule has 0 heterocycles. The molecule has 20 heavy (non-hydrogen) atoms. The fraction of sp³-hybridized carbons (Fsp3) is 0. The molecule has 0 fully saturated rings. The summed E-state index contributed by atoms with van der Waals surface area (Å²) in [7, 11) is 0. The van der Waals surface area contributed by atoms with E-state index in [1.54, 1.807) is 6.07 Å². The van der Waals surface area contributed by atoms with Gasteiger partial charge in [0.15, 0.2) is 0 Å². The summed E-state index contributed by atoms with van der Waals surface area (Å²) in [6, 6.07) is 10.2. The van der Waals surface area contributed by atoms with Crippen LogP contribution in [0.5, 0.6) is 5.75 Å². The molecule has 0 aliphatic carbocycles. The zero-order valence-electron chi connectivity index (χ0n) is 10.2. The Kier molecular flexibility index (Phi) is 4.47. The van der Waals surface area contributed by atoms with Crippen LogP contribution in [0.25, 0.3) is 0 Å². The number of hydrazone groups is 1. The summed E-state index contributed by atoms with van der Waals surface area (Å²) in [6.07, 6.45) is 1.38. The number of amides is 1. The van der Waals surface area contributed by atoms with Crippen LogP contribution in [0.3, 0.4) is 0 Å². The van der Waals surface area contributed by atoms with E-state index < -0.39 is 5.91 Å². The summed E-state index contributed by atoms with van der Waals surface area (Å²) in [4.78, 5) is 11.8. The van der Waals surface area contributed by atoms with Crippen molar-refractivity contribution in [1.82, 2.24) is 5.43 Å². The summed E-state index contributed by atoms with van der Waals surface area (Å²) < 4.78 is 13.4. The summed E-state index contributed by atoms with van der Waals surface area (Å²) >= 11 is 3.21. The van der Waals surface area contributed by atoms with Gasteiger partial charge in [-0.3, -0.25) is 4.79 Å². The SMILES string of the molecule is O=C(NN=Cc1ccc(F)cc1)c1cc(Br)ccc1O. The highest BCUT2D eigenvalue weighted by atomic mass is 79.9. The van der Waals surface area contributed by atoms with Crippen molar-refractivity contribution in [2.24, 2.45) is 5.10 Å². The van der Waals surface area contributed by atoms with E-state index >= 15 is 0 Å². The van der Waals surface area contributed by atoms with E-state index in [2.05, 4.69) is 26.5 Å². The maximum Gasteiger partial charge on any atom is 0.275 e. The van der Waals surface area contributed by atoms with Crippen molar-refractivity contribution in [2.75, 3.05) is 0 Å². The molecule has 4 nitrogen and oxygen atoms in total. The second-order valence-corrected chi connectivity index (χ2v) is 4.83. The summed E-state index contributed by atoms with van der Waals surface area (Å²) in [6.45, 7) is 0. The zero-order chi connectivity index (χ0) is 14.5. The van der Waals surface area contributed by atoms with E-state index in [0.717, 1.165) is 0 Å². The zero-order valence-corrected chi connectivity index (χ0v) is 11.8. The largest absolute Gasteiger partial charge is 0.507 e. The molecule has 2 aromatic carbocycles. The Labute approximate surface area is 123 Å². The first-order chi connectivity index (χ1) is 9.56. The van der Waals surface area contributed by atoms with Crippen molar-refractivity contribution in [1.29, 1.82) is 0 Å². The minimum absolute atomic E-state index is 0.107. The van der Waals surface area contributed by atoms with Gasteiger partial charge in [0.2, 0.25) is 0 Å². The molecular formula is C14H10BrFN2O2. The summed E-state index contributed by atoms with van der Waals surface area (Å²) in [5.41, 5.74) is 3.04. The molecule has 2 rings (SSSR count). The topological polar surface area (TPSA) is 61.7 Å². The van der Waals surface area contributed by atoms with E-state index in [0.29, 0.717) is 10.0 Å². The third-order valence-electron chi connectivity index (χ3n) is 2.45. The van der Waals surface area contributed by atoms with Gasteiger partial charge < -0.3 is 5.11 Å². The van der Waals surface area contributed by atoms with E-state index in [9.17, 15) is 14.3 Å². The molecule has 0 aliphatic rings. The highest BCUT2D eigenvalue weighted by Crippen LogP contribution is 2.21. The first-order valence-corrected chi connectivity index (χ1v) is 6.43. The lowest BCUT2D eigenvalue weighted by atomic mass is 10.2. The molecule has 2 aromatic rings. The van der Waals surface area contributed by atoms with Crippen LogP contribution < -0.4 is 5.43 Å². The van der Waals surface area contributed by atoms with Crippen molar-refractivity contribution in [3.63, 3.8) is 0 Å². The monoisotopic (exact) mass is 336 g/mol. The van der Waals surface area contributed by atoms with Gasteiger partial charge in [-0.25, -0.2) is 9.82 Å². The highest BCUT2D eigenvalue weighted by molar-refractivity contribution is 9.10. The lowest BCUT2D eigenvalue weighted by Gasteiger charge is -2.03. The number of nitrogens with one attached hydrogen (secondary N) is 1. The number of rotatable bonds is 3. The average Bonchev–Trinajstić information content (AvgIpc) is 2.43. The molecule has 0 atom stereocenters. The molecule has 6 heteroatoms. The lowest BCUT2D eigenvalue weighted by molar-refractivity contribution is 0.0952. The Hall–Kier alpha value is -2.21. The van der Waals surface area contributed by atoms with Crippen LogP contribution in [-0.4, -0.2) is 17.2 Å². The molecule has 2 N–H and O–H groups in total. The molecular weight excluding hydrogens is 327 g/mol. The number of phenolic OH excluding ortho intramolecular Hbond substituents is 1. The Morgan fingerprint density at radius 1 is 1.25 bits per heavy atom. The van der Waals surface area contributed by atoms with E-state index in [1.165, 1.54) is 42.6 Å². The van der Waals surface area contributed by atoms with Gasteiger partial charge in [-0.1, -0.05) is 28.1 Å². The van der Waals surface area contributed by atoms with Crippen LogP contribution in [0.15, 0.2) is 52.0 Å². The summed E-state index contributed by atoms with van der Waals surface area (Å²) in [5, 5.41) is 13.3. The van der Waals surface area contributed by atoms with Crippen LogP contribution in [-0.2, 0) is 0 Å². The number of carbonyl (C=O) groups excluding carboxylic acids is 1. The van der Waals surface area contributed by atoms with E-state index in [1.807, 2.05) is 0 Å².